The molecule has 6 nitrogen and oxygen atoms in total. The van der Waals surface area contributed by atoms with E-state index < -0.39 is 22.0 Å². The molecule has 1 amide bonds. The molecular formula is C18H21N3O3S2. The van der Waals surface area contributed by atoms with Crippen LogP contribution in [0.15, 0.2) is 64.6 Å². The highest BCUT2D eigenvalue weighted by atomic mass is 32.2. The zero-order valence-electron chi connectivity index (χ0n) is 14.8. The van der Waals surface area contributed by atoms with Crippen LogP contribution >= 0.6 is 11.8 Å². The number of thioether (sulfide) groups is 1. The number of amides is 1. The number of hydrogen-bond donors (Lipinski definition) is 1. The van der Waals surface area contributed by atoms with Gasteiger partial charge in [0.15, 0.2) is 0 Å². The first-order chi connectivity index (χ1) is 12.3. The summed E-state index contributed by atoms with van der Waals surface area (Å²) in [5.74, 6) is -0.517. The SMILES string of the molecule is CSc1ccc(/C=N\NC(=O)[C@H](C)N(c2ccccc2)S(C)(=O)=O)cc1. The normalized spacial score (nSPS) is 12.7. The van der Waals surface area contributed by atoms with Crippen LogP contribution in [0.4, 0.5) is 5.69 Å². The summed E-state index contributed by atoms with van der Waals surface area (Å²) in [5.41, 5.74) is 3.66. The minimum atomic E-state index is -3.63. The Morgan fingerprint density at radius 2 is 1.77 bits per heavy atom. The van der Waals surface area contributed by atoms with Gasteiger partial charge in [0.25, 0.3) is 5.91 Å². The summed E-state index contributed by atoms with van der Waals surface area (Å²) in [6, 6.07) is 15.2. The van der Waals surface area contributed by atoms with Crippen molar-refractivity contribution in [2.75, 3.05) is 16.8 Å². The Balaban J connectivity index is 2.10. The van der Waals surface area contributed by atoms with Crippen molar-refractivity contribution >= 4 is 39.6 Å². The molecule has 138 valence electrons. The Bertz CT molecular complexity index is 866. The van der Waals surface area contributed by atoms with Crippen LogP contribution in [0, 0.1) is 0 Å². The Kier molecular flexibility index (Phi) is 6.82. The maximum absolute atomic E-state index is 12.4. The molecule has 26 heavy (non-hydrogen) atoms. The molecule has 1 atom stereocenters. The summed E-state index contributed by atoms with van der Waals surface area (Å²) in [5, 5.41) is 3.92. The molecule has 0 radical (unpaired) electrons. The summed E-state index contributed by atoms with van der Waals surface area (Å²) in [7, 11) is -3.63. The molecular weight excluding hydrogens is 370 g/mol. The smallest absolute Gasteiger partial charge is 0.263 e. The number of benzene rings is 2. The molecule has 0 unspecified atom stereocenters. The lowest BCUT2D eigenvalue weighted by molar-refractivity contribution is -0.121. The lowest BCUT2D eigenvalue weighted by Crippen LogP contribution is -2.46. The van der Waals surface area contributed by atoms with Crippen LogP contribution in [-0.4, -0.2) is 39.1 Å². The molecule has 0 bridgehead atoms. The molecule has 0 aliphatic carbocycles. The first-order valence-electron chi connectivity index (χ1n) is 7.84. The van der Waals surface area contributed by atoms with Gasteiger partial charge in [-0.1, -0.05) is 30.3 Å². The molecule has 2 aromatic rings. The number of hydrazone groups is 1. The topological polar surface area (TPSA) is 78.8 Å². The highest BCUT2D eigenvalue weighted by molar-refractivity contribution is 7.98. The number of rotatable bonds is 7. The van der Waals surface area contributed by atoms with E-state index in [-0.39, 0.29) is 0 Å². The number of carbonyl (C=O) groups is 1. The van der Waals surface area contributed by atoms with Crippen molar-refractivity contribution in [3.05, 3.63) is 60.2 Å². The van der Waals surface area contributed by atoms with Gasteiger partial charge in [-0.15, -0.1) is 11.8 Å². The minimum absolute atomic E-state index is 0.425. The fourth-order valence-corrected chi connectivity index (χ4v) is 3.92. The third-order valence-corrected chi connectivity index (χ3v) is 5.59. The van der Waals surface area contributed by atoms with E-state index >= 15 is 0 Å². The van der Waals surface area contributed by atoms with Crippen molar-refractivity contribution in [3.8, 4) is 0 Å². The van der Waals surface area contributed by atoms with E-state index in [0.29, 0.717) is 5.69 Å². The molecule has 0 heterocycles. The number of hydrogen-bond acceptors (Lipinski definition) is 5. The molecule has 0 saturated carbocycles. The van der Waals surface area contributed by atoms with Crippen molar-refractivity contribution in [3.63, 3.8) is 0 Å². The lowest BCUT2D eigenvalue weighted by atomic mass is 10.2. The van der Waals surface area contributed by atoms with Gasteiger partial charge >= 0.3 is 0 Å². The van der Waals surface area contributed by atoms with Gasteiger partial charge in [0.2, 0.25) is 10.0 Å². The Labute approximate surface area is 158 Å². The second-order valence-corrected chi connectivity index (χ2v) is 8.32. The average molecular weight is 392 g/mol. The molecule has 2 aromatic carbocycles. The summed E-state index contributed by atoms with van der Waals surface area (Å²) in [6.07, 6.45) is 4.58. The number of carbonyl (C=O) groups excluding carboxylic acids is 1. The van der Waals surface area contributed by atoms with Crippen LogP contribution in [0.5, 0.6) is 0 Å². The molecule has 1 N–H and O–H groups in total. The van der Waals surface area contributed by atoms with Gasteiger partial charge in [-0.2, -0.15) is 5.10 Å². The van der Waals surface area contributed by atoms with Gasteiger partial charge in [-0.05, 0) is 43.0 Å². The summed E-state index contributed by atoms with van der Waals surface area (Å²) in [6.45, 7) is 1.52. The van der Waals surface area contributed by atoms with E-state index in [0.717, 1.165) is 21.0 Å². The highest BCUT2D eigenvalue weighted by Gasteiger charge is 2.28. The number of para-hydroxylation sites is 1. The van der Waals surface area contributed by atoms with E-state index in [9.17, 15) is 13.2 Å². The van der Waals surface area contributed by atoms with E-state index in [1.807, 2.05) is 30.5 Å². The van der Waals surface area contributed by atoms with Crippen LogP contribution in [0.25, 0.3) is 0 Å². The second-order valence-electron chi connectivity index (χ2n) is 5.58. The van der Waals surface area contributed by atoms with Gasteiger partial charge in [-0.25, -0.2) is 13.8 Å². The Morgan fingerprint density at radius 3 is 2.31 bits per heavy atom. The third-order valence-electron chi connectivity index (χ3n) is 3.60. The van der Waals surface area contributed by atoms with E-state index in [4.69, 9.17) is 0 Å². The standard InChI is InChI=1S/C18H21N3O3S2/c1-14(21(26(3,23)24)16-7-5-4-6-8-16)18(22)20-19-13-15-9-11-17(25-2)12-10-15/h4-14H,1-3H3,(H,20,22)/b19-13-/t14-/m0/s1. The molecule has 0 fully saturated rings. The van der Waals surface area contributed by atoms with Crippen LogP contribution in [0.2, 0.25) is 0 Å². The molecule has 2 rings (SSSR count). The molecule has 0 saturated heterocycles. The molecule has 0 aliphatic heterocycles. The lowest BCUT2D eigenvalue weighted by Gasteiger charge is -2.27. The van der Waals surface area contributed by atoms with Crippen molar-refractivity contribution in [1.82, 2.24) is 5.43 Å². The van der Waals surface area contributed by atoms with Gasteiger partial charge < -0.3 is 0 Å². The molecule has 8 heteroatoms. The van der Waals surface area contributed by atoms with E-state index in [1.165, 1.54) is 13.1 Å². The van der Waals surface area contributed by atoms with Gasteiger partial charge in [0.05, 0.1) is 18.2 Å². The van der Waals surface area contributed by atoms with Crippen molar-refractivity contribution in [1.29, 1.82) is 0 Å². The second kappa shape index (κ2) is 8.86. The number of nitrogens with zero attached hydrogens (tertiary/aromatic N) is 2. The van der Waals surface area contributed by atoms with Crippen LogP contribution in [0.1, 0.15) is 12.5 Å². The molecule has 0 spiro atoms. The predicted molar refractivity (Wildman–Crippen MR) is 107 cm³/mol. The minimum Gasteiger partial charge on any atom is -0.271 e. The van der Waals surface area contributed by atoms with Crippen LogP contribution in [-0.2, 0) is 14.8 Å². The number of sulfonamides is 1. The van der Waals surface area contributed by atoms with E-state index in [2.05, 4.69) is 10.5 Å². The van der Waals surface area contributed by atoms with Crippen molar-refractivity contribution < 1.29 is 13.2 Å². The van der Waals surface area contributed by atoms with Gasteiger partial charge in [-0.3, -0.25) is 9.10 Å². The maximum atomic E-state index is 12.4. The quantitative estimate of drug-likeness (QED) is 0.447. The number of anilines is 1. The molecule has 0 aromatic heterocycles. The Morgan fingerprint density at radius 1 is 1.15 bits per heavy atom. The summed E-state index contributed by atoms with van der Waals surface area (Å²) >= 11 is 1.64. The van der Waals surface area contributed by atoms with Crippen LogP contribution < -0.4 is 9.73 Å². The van der Waals surface area contributed by atoms with Crippen LogP contribution in [0.3, 0.4) is 0 Å². The van der Waals surface area contributed by atoms with Crippen molar-refractivity contribution in [2.45, 2.75) is 17.9 Å². The highest BCUT2D eigenvalue weighted by Crippen LogP contribution is 2.20. The van der Waals surface area contributed by atoms with Gasteiger partial charge in [0.1, 0.15) is 6.04 Å². The van der Waals surface area contributed by atoms with Crippen molar-refractivity contribution in [2.24, 2.45) is 5.10 Å². The largest absolute Gasteiger partial charge is 0.271 e. The fraction of sp³-hybridized carbons (Fsp3) is 0.222. The van der Waals surface area contributed by atoms with Gasteiger partial charge in [0, 0.05) is 4.90 Å². The average Bonchev–Trinajstić information content (AvgIpc) is 2.62. The monoisotopic (exact) mass is 391 g/mol. The summed E-state index contributed by atoms with van der Waals surface area (Å²) < 4.78 is 25.4. The zero-order chi connectivity index (χ0) is 19.2. The summed E-state index contributed by atoms with van der Waals surface area (Å²) in [4.78, 5) is 13.5. The predicted octanol–water partition coefficient (Wildman–Crippen LogP) is 2.71. The first-order valence-corrected chi connectivity index (χ1v) is 10.9. The Hall–Kier alpha value is -2.32. The maximum Gasteiger partial charge on any atom is 0.263 e. The molecule has 0 aliphatic rings. The number of nitrogens with one attached hydrogen (secondary N) is 1. The fourth-order valence-electron chi connectivity index (χ4n) is 2.34. The van der Waals surface area contributed by atoms with E-state index in [1.54, 1.807) is 42.1 Å². The zero-order valence-corrected chi connectivity index (χ0v) is 16.4. The third kappa shape index (κ3) is 5.34. The first kappa shape index (κ1) is 20.0.